The predicted molar refractivity (Wildman–Crippen MR) is 155 cm³/mol. The van der Waals surface area contributed by atoms with E-state index in [1.165, 1.54) is 0 Å². The van der Waals surface area contributed by atoms with Gasteiger partial charge in [-0.1, -0.05) is 84.9 Å². The van der Waals surface area contributed by atoms with Crippen molar-refractivity contribution in [3.8, 4) is 11.5 Å². The van der Waals surface area contributed by atoms with Crippen molar-refractivity contribution >= 4 is 11.9 Å². The minimum absolute atomic E-state index is 0.260. The highest BCUT2D eigenvalue weighted by molar-refractivity contribution is 5.77. The van der Waals surface area contributed by atoms with E-state index in [4.69, 9.17) is 30.4 Å². The average Bonchev–Trinajstić information content (AvgIpc) is 3.01. The average molecular weight is 555 g/mol. The Morgan fingerprint density at radius 2 is 0.878 bits per heavy atom. The fraction of sp³-hybridized carbons (Fsp3) is 0.212. The van der Waals surface area contributed by atoms with E-state index in [0.717, 1.165) is 22.3 Å². The first-order valence-electron chi connectivity index (χ1n) is 13.3. The van der Waals surface area contributed by atoms with Crippen molar-refractivity contribution in [3.63, 3.8) is 0 Å². The topological polar surface area (TPSA) is 123 Å². The number of benzene rings is 4. The molecule has 0 aliphatic heterocycles. The predicted octanol–water partition coefficient (Wildman–Crippen LogP) is 4.33. The monoisotopic (exact) mass is 554 g/mol. The van der Waals surface area contributed by atoms with Gasteiger partial charge < -0.3 is 30.4 Å². The van der Waals surface area contributed by atoms with Crippen LogP contribution in [0.3, 0.4) is 0 Å². The Balaban J connectivity index is 1.13. The van der Waals surface area contributed by atoms with Crippen LogP contribution in [0.4, 0.5) is 0 Å². The third kappa shape index (κ3) is 9.79. The van der Waals surface area contributed by atoms with E-state index in [0.29, 0.717) is 24.7 Å². The van der Waals surface area contributed by atoms with Crippen LogP contribution in [0.2, 0.25) is 0 Å². The smallest absolute Gasteiger partial charge is 0.326 e. The largest absolute Gasteiger partial charge is 0.489 e. The van der Waals surface area contributed by atoms with Crippen molar-refractivity contribution < 1.29 is 28.5 Å². The summed E-state index contributed by atoms with van der Waals surface area (Å²) < 4.78 is 21.6. The van der Waals surface area contributed by atoms with E-state index in [1.54, 1.807) is 0 Å². The van der Waals surface area contributed by atoms with Crippen molar-refractivity contribution in [2.24, 2.45) is 11.5 Å². The quantitative estimate of drug-likeness (QED) is 0.174. The van der Waals surface area contributed by atoms with Crippen LogP contribution in [0.25, 0.3) is 0 Å². The molecule has 4 rings (SSSR count). The van der Waals surface area contributed by atoms with Crippen LogP contribution in [0.5, 0.6) is 11.5 Å². The summed E-state index contributed by atoms with van der Waals surface area (Å²) in [6, 6.07) is 32.6. The van der Waals surface area contributed by atoms with Gasteiger partial charge in [-0.3, -0.25) is 9.59 Å². The van der Waals surface area contributed by atoms with E-state index in [-0.39, 0.29) is 12.8 Å². The minimum Gasteiger partial charge on any atom is -0.489 e. The number of esters is 2. The lowest BCUT2D eigenvalue weighted by molar-refractivity contribution is -0.169. The van der Waals surface area contributed by atoms with Crippen LogP contribution in [-0.2, 0) is 45.1 Å². The van der Waals surface area contributed by atoms with Gasteiger partial charge in [0, 0.05) is 0 Å². The van der Waals surface area contributed by atoms with Gasteiger partial charge in [-0.2, -0.15) is 0 Å². The number of rotatable bonds is 14. The van der Waals surface area contributed by atoms with Gasteiger partial charge in [-0.25, -0.2) is 0 Å². The van der Waals surface area contributed by atoms with Crippen molar-refractivity contribution in [2.75, 3.05) is 6.79 Å². The molecule has 4 N–H and O–H groups in total. The van der Waals surface area contributed by atoms with Crippen molar-refractivity contribution in [1.29, 1.82) is 0 Å². The molecule has 0 spiro atoms. The molecule has 0 aromatic heterocycles. The second kappa shape index (κ2) is 15.2. The highest BCUT2D eigenvalue weighted by Gasteiger charge is 2.19. The Morgan fingerprint density at radius 3 is 1.24 bits per heavy atom. The molecule has 2 unspecified atom stereocenters. The molecule has 2 atom stereocenters. The van der Waals surface area contributed by atoms with Gasteiger partial charge in [-0.15, -0.1) is 0 Å². The van der Waals surface area contributed by atoms with Crippen LogP contribution in [0, 0.1) is 0 Å². The SMILES string of the molecule is NC(Cc1ccc(OCc2ccccc2)cc1)C(=O)OCOC(=O)C(N)Cc1ccc(OCc2ccccc2)cc1. The number of hydrogen-bond donors (Lipinski definition) is 2. The molecule has 0 heterocycles. The molecule has 0 fully saturated rings. The summed E-state index contributed by atoms with van der Waals surface area (Å²) in [5.41, 5.74) is 15.8. The second-order valence-electron chi connectivity index (χ2n) is 9.50. The summed E-state index contributed by atoms with van der Waals surface area (Å²) in [5.74, 6) is 0.0670. The van der Waals surface area contributed by atoms with E-state index < -0.39 is 30.8 Å². The van der Waals surface area contributed by atoms with Crippen molar-refractivity contribution in [3.05, 3.63) is 131 Å². The maximum atomic E-state index is 12.3. The lowest BCUT2D eigenvalue weighted by Gasteiger charge is -2.14. The first-order valence-corrected chi connectivity index (χ1v) is 13.3. The molecule has 0 bridgehead atoms. The molecule has 0 amide bonds. The van der Waals surface area contributed by atoms with Crippen LogP contribution in [0.1, 0.15) is 22.3 Å². The first-order chi connectivity index (χ1) is 20.0. The molecular formula is C33H34N2O6. The lowest BCUT2D eigenvalue weighted by atomic mass is 10.1. The van der Waals surface area contributed by atoms with Gasteiger partial charge in [0.2, 0.25) is 6.79 Å². The van der Waals surface area contributed by atoms with E-state index in [1.807, 2.05) is 109 Å². The zero-order chi connectivity index (χ0) is 28.9. The molecule has 0 saturated heterocycles. The molecule has 0 aliphatic rings. The molecule has 0 aliphatic carbocycles. The highest BCUT2D eigenvalue weighted by atomic mass is 16.7. The third-order valence-corrected chi connectivity index (χ3v) is 6.26. The maximum Gasteiger partial charge on any atom is 0.326 e. The van der Waals surface area contributed by atoms with Crippen LogP contribution in [0.15, 0.2) is 109 Å². The third-order valence-electron chi connectivity index (χ3n) is 6.26. The van der Waals surface area contributed by atoms with Crippen LogP contribution in [-0.4, -0.2) is 30.8 Å². The molecular weight excluding hydrogens is 520 g/mol. The van der Waals surface area contributed by atoms with E-state index >= 15 is 0 Å². The van der Waals surface area contributed by atoms with Crippen molar-refractivity contribution in [2.45, 2.75) is 38.1 Å². The summed E-state index contributed by atoms with van der Waals surface area (Å²) >= 11 is 0. The van der Waals surface area contributed by atoms with Crippen molar-refractivity contribution in [1.82, 2.24) is 0 Å². The maximum absolute atomic E-state index is 12.3. The molecule has 4 aromatic carbocycles. The Labute approximate surface area is 239 Å². The summed E-state index contributed by atoms with van der Waals surface area (Å²) in [7, 11) is 0. The van der Waals surface area contributed by atoms with Gasteiger partial charge in [-0.05, 0) is 59.4 Å². The zero-order valence-corrected chi connectivity index (χ0v) is 22.7. The lowest BCUT2D eigenvalue weighted by Crippen LogP contribution is -2.37. The fourth-order valence-electron chi connectivity index (χ4n) is 3.96. The number of carbonyl (C=O) groups is 2. The number of ether oxygens (including phenoxy) is 4. The standard InChI is InChI=1S/C33H34N2O6/c34-30(19-24-11-15-28(16-12-24)38-21-26-7-3-1-4-8-26)32(36)40-23-41-33(37)31(35)20-25-13-17-29(18-14-25)39-22-27-9-5-2-6-10-27/h1-18,30-31H,19-23,34-35H2. The molecule has 212 valence electrons. The van der Waals surface area contributed by atoms with Gasteiger partial charge >= 0.3 is 11.9 Å². The first kappa shape index (κ1) is 29.3. The van der Waals surface area contributed by atoms with E-state index in [9.17, 15) is 9.59 Å². The molecule has 41 heavy (non-hydrogen) atoms. The molecule has 0 saturated carbocycles. The van der Waals surface area contributed by atoms with Gasteiger partial charge in [0.15, 0.2) is 0 Å². The highest BCUT2D eigenvalue weighted by Crippen LogP contribution is 2.17. The van der Waals surface area contributed by atoms with Gasteiger partial charge in [0.1, 0.15) is 36.8 Å². The second-order valence-corrected chi connectivity index (χ2v) is 9.50. The number of nitrogens with two attached hydrogens (primary N) is 2. The fourth-order valence-corrected chi connectivity index (χ4v) is 3.96. The van der Waals surface area contributed by atoms with Gasteiger partial charge in [0.05, 0.1) is 0 Å². The van der Waals surface area contributed by atoms with E-state index in [2.05, 4.69) is 0 Å². The zero-order valence-electron chi connectivity index (χ0n) is 22.7. The molecule has 8 nitrogen and oxygen atoms in total. The van der Waals surface area contributed by atoms with Crippen LogP contribution < -0.4 is 20.9 Å². The number of carbonyl (C=O) groups excluding carboxylic acids is 2. The molecule has 8 heteroatoms. The normalized spacial score (nSPS) is 12.1. The Hall–Kier alpha value is -4.66. The Morgan fingerprint density at radius 1 is 0.512 bits per heavy atom. The minimum atomic E-state index is -0.916. The Kier molecular flexibility index (Phi) is 10.9. The summed E-state index contributed by atoms with van der Waals surface area (Å²) in [4.78, 5) is 24.6. The molecule has 0 radical (unpaired) electrons. The van der Waals surface area contributed by atoms with Crippen LogP contribution >= 0.6 is 0 Å². The summed E-state index contributed by atoms with van der Waals surface area (Å²) in [5, 5.41) is 0. The summed E-state index contributed by atoms with van der Waals surface area (Å²) in [6.45, 7) is 0.368. The summed E-state index contributed by atoms with van der Waals surface area (Å²) in [6.07, 6.45) is 0.520. The van der Waals surface area contributed by atoms with Gasteiger partial charge in [0.25, 0.3) is 0 Å². The molecule has 4 aromatic rings. The number of hydrogen-bond acceptors (Lipinski definition) is 8. The Bertz CT molecular complexity index is 1260.